The molecule has 0 aliphatic heterocycles. The Labute approximate surface area is 163 Å². The monoisotopic (exact) mass is 397 g/mol. The summed E-state index contributed by atoms with van der Waals surface area (Å²) in [4.78, 5) is 2.67. The predicted molar refractivity (Wildman–Crippen MR) is 106 cm³/mol. The third-order valence-electron chi connectivity index (χ3n) is 4.06. The molecular weight excluding hydrogens is 378 g/mol. The van der Waals surface area contributed by atoms with E-state index in [2.05, 4.69) is 10.0 Å². The number of hydrogen-bond acceptors (Lipinski definition) is 5. The fourth-order valence-corrected chi connectivity index (χ4v) is 3.89. The zero-order valence-corrected chi connectivity index (χ0v) is 15.9. The van der Waals surface area contributed by atoms with Gasteiger partial charge in [0, 0.05) is 11.3 Å². The van der Waals surface area contributed by atoms with Gasteiger partial charge in [-0.3, -0.25) is 4.18 Å². The predicted octanol–water partition coefficient (Wildman–Crippen LogP) is 4.82. The third-order valence-corrected chi connectivity index (χ3v) is 5.48. The molecule has 0 unspecified atom stereocenters. The molecule has 0 amide bonds. The van der Waals surface area contributed by atoms with Crippen LogP contribution in [0.15, 0.2) is 76.7 Å². The standard InChI is InChI=1S/C20H19N3O4S/c21-23-22-15-18-8-3-4-9-20(18)28(24,25)27-13-5-12-26-19-11-10-16-6-1-2-7-17(16)14-19/h1-4,6-11,14H,5,12-13,15H2. The zero-order chi connectivity index (χ0) is 19.8. The summed E-state index contributed by atoms with van der Waals surface area (Å²) < 4.78 is 35.6. The lowest BCUT2D eigenvalue weighted by molar-refractivity contribution is 0.250. The van der Waals surface area contributed by atoms with Gasteiger partial charge in [-0.25, -0.2) is 0 Å². The molecule has 0 saturated carbocycles. The SMILES string of the molecule is [N-]=[N+]=NCc1ccccc1S(=O)(=O)OCCCOc1ccc2ccccc2c1. The van der Waals surface area contributed by atoms with E-state index in [9.17, 15) is 8.42 Å². The minimum absolute atomic E-state index is 0.00817. The van der Waals surface area contributed by atoms with Gasteiger partial charge in [0.2, 0.25) is 0 Å². The van der Waals surface area contributed by atoms with Gasteiger partial charge in [0.05, 0.1) is 24.7 Å². The Kier molecular flexibility index (Phi) is 6.49. The van der Waals surface area contributed by atoms with E-state index in [4.69, 9.17) is 14.5 Å². The molecule has 0 aliphatic rings. The Bertz CT molecular complexity index is 1110. The van der Waals surface area contributed by atoms with Crippen LogP contribution in [0.3, 0.4) is 0 Å². The van der Waals surface area contributed by atoms with Crippen molar-refractivity contribution in [3.63, 3.8) is 0 Å². The minimum Gasteiger partial charge on any atom is -0.493 e. The Morgan fingerprint density at radius 3 is 2.50 bits per heavy atom. The van der Waals surface area contributed by atoms with Gasteiger partial charge in [-0.2, -0.15) is 8.42 Å². The van der Waals surface area contributed by atoms with Gasteiger partial charge in [-0.1, -0.05) is 53.6 Å². The normalized spacial score (nSPS) is 11.1. The molecule has 0 spiro atoms. The molecule has 0 aromatic heterocycles. The van der Waals surface area contributed by atoms with Crippen molar-refractivity contribution in [2.24, 2.45) is 5.11 Å². The topological polar surface area (TPSA) is 101 Å². The largest absolute Gasteiger partial charge is 0.493 e. The van der Waals surface area contributed by atoms with Crippen LogP contribution in [0.4, 0.5) is 0 Å². The van der Waals surface area contributed by atoms with E-state index in [1.165, 1.54) is 6.07 Å². The van der Waals surface area contributed by atoms with E-state index in [1.54, 1.807) is 18.2 Å². The Morgan fingerprint density at radius 2 is 1.68 bits per heavy atom. The Morgan fingerprint density at radius 1 is 0.929 bits per heavy atom. The van der Waals surface area contributed by atoms with Crippen molar-refractivity contribution in [2.45, 2.75) is 17.9 Å². The smallest absolute Gasteiger partial charge is 0.297 e. The van der Waals surface area contributed by atoms with Crippen molar-refractivity contribution in [1.82, 2.24) is 0 Å². The maximum absolute atomic E-state index is 12.4. The van der Waals surface area contributed by atoms with Crippen molar-refractivity contribution in [2.75, 3.05) is 13.2 Å². The van der Waals surface area contributed by atoms with Gasteiger partial charge in [-0.15, -0.1) is 0 Å². The van der Waals surface area contributed by atoms with Crippen molar-refractivity contribution in [3.8, 4) is 5.75 Å². The average Bonchev–Trinajstić information content (AvgIpc) is 2.72. The van der Waals surface area contributed by atoms with Crippen molar-refractivity contribution in [3.05, 3.63) is 82.7 Å². The Hall–Kier alpha value is -3.06. The van der Waals surface area contributed by atoms with Crippen molar-refractivity contribution >= 4 is 20.9 Å². The van der Waals surface area contributed by atoms with Crippen LogP contribution in [0.25, 0.3) is 21.2 Å². The van der Waals surface area contributed by atoms with Gasteiger partial charge in [0.15, 0.2) is 0 Å². The summed E-state index contributed by atoms with van der Waals surface area (Å²) in [6, 6.07) is 20.1. The third kappa shape index (κ3) is 5.01. The highest BCUT2D eigenvalue weighted by Crippen LogP contribution is 2.21. The molecule has 8 heteroatoms. The number of rotatable bonds is 9. The van der Waals surface area contributed by atoms with Crippen LogP contribution in [0.1, 0.15) is 12.0 Å². The van der Waals surface area contributed by atoms with Crippen LogP contribution >= 0.6 is 0 Å². The first-order valence-electron chi connectivity index (χ1n) is 8.70. The van der Waals surface area contributed by atoms with E-state index < -0.39 is 10.1 Å². The van der Waals surface area contributed by atoms with E-state index >= 15 is 0 Å². The van der Waals surface area contributed by atoms with Crippen LogP contribution in [0, 0.1) is 0 Å². The molecule has 3 rings (SSSR count). The highest BCUT2D eigenvalue weighted by Gasteiger charge is 2.18. The summed E-state index contributed by atoms with van der Waals surface area (Å²) in [5.41, 5.74) is 8.83. The molecular formula is C20H19N3O4S. The van der Waals surface area contributed by atoms with Gasteiger partial charge in [0.25, 0.3) is 10.1 Å². The summed E-state index contributed by atoms with van der Waals surface area (Å²) in [6.07, 6.45) is 0.407. The molecule has 28 heavy (non-hydrogen) atoms. The number of hydrogen-bond donors (Lipinski definition) is 0. The summed E-state index contributed by atoms with van der Waals surface area (Å²) in [5.74, 6) is 0.723. The molecule has 0 N–H and O–H groups in total. The summed E-state index contributed by atoms with van der Waals surface area (Å²) >= 11 is 0. The minimum atomic E-state index is -3.93. The average molecular weight is 397 g/mol. The lowest BCUT2D eigenvalue weighted by Crippen LogP contribution is -2.12. The molecule has 0 atom stereocenters. The van der Waals surface area contributed by atoms with Crippen molar-refractivity contribution in [1.29, 1.82) is 0 Å². The second kappa shape index (κ2) is 9.23. The molecule has 0 heterocycles. The highest BCUT2D eigenvalue weighted by atomic mass is 32.2. The molecule has 3 aromatic rings. The van der Waals surface area contributed by atoms with Crippen LogP contribution in [0.2, 0.25) is 0 Å². The first-order chi connectivity index (χ1) is 13.6. The molecule has 0 bridgehead atoms. The summed E-state index contributed by atoms with van der Waals surface area (Å²) in [6.45, 7) is 0.264. The lowest BCUT2D eigenvalue weighted by Gasteiger charge is -2.10. The van der Waals surface area contributed by atoms with Gasteiger partial charge >= 0.3 is 0 Å². The van der Waals surface area contributed by atoms with Crippen LogP contribution in [0.5, 0.6) is 5.75 Å². The first-order valence-corrected chi connectivity index (χ1v) is 10.1. The molecule has 0 saturated heterocycles. The van der Waals surface area contributed by atoms with Crippen LogP contribution in [-0.4, -0.2) is 21.6 Å². The van der Waals surface area contributed by atoms with Crippen molar-refractivity contribution < 1.29 is 17.3 Å². The molecule has 0 aliphatic carbocycles. The van der Waals surface area contributed by atoms with Gasteiger partial charge < -0.3 is 4.74 Å². The second-order valence-corrected chi connectivity index (χ2v) is 7.57. The quantitative estimate of drug-likeness (QED) is 0.170. The first kappa shape index (κ1) is 19.7. The molecule has 0 radical (unpaired) electrons. The summed E-state index contributed by atoms with van der Waals surface area (Å²) in [5, 5.41) is 5.63. The number of azide groups is 1. The highest BCUT2D eigenvalue weighted by molar-refractivity contribution is 7.86. The molecule has 3 aromatic carbocycles. The zero-order valence-electron chi connectivity index (χ0n) is 15.1. The number of benzene rings is 3. The second-order valence-electron chi connectivity index (χ2n) is 5.98. The van der Waals surface area contributed by atoms with E-state index in [0.717, 1.165) is 16.5 Å². The fraction of sp³-hybridized carbons (Fsp3) is 0.200. The van der Waals surface area contributed by atoms with E-state index in [1.807, 2.05) is 42.5 Å². The number of ether oxygens (including phenoxy) is 1. The Balaban J connectivity index is 1.53. The maximum atomic E-state index is 12.4. The van der Waals surface area contributed by atoms with Crippen LogP contribution < -0.4 is 4.74 Å². The molecule has 7 nitrogen and oxygen atoms in total. The number of nitrogens with zero attached hydrogens (tertiary/aromatic N) is 3. The lowest BCUT2D eigenvalue weighted by atomic mass is 10.1. The van der Waals surface area contributed by atoms with E-state index in [-0.39, 0.29) is 18.0 Å². The van der Waals surface area contributed by atoms with E-state index in [0.29, 0.717) is 18.6 Å². The fourth-order valence-electron chi connectivity index (χ4n) is 2.72. The molecule has 144 valence electrons. The molecule has 0 fully saturated rings. The van der Waals surface area contributed by atoms with Crippen LogP contribution in [-0.2, 0) is 20.8 Å². The van der Waals surface area contributed by atoms with Gasteiger partial charge in [-0.05, 0) is 40.1 Å². The number of fused-ring (bicyclic) bond motifs is 1. The summed E-state index contributed by atoms with van der Waals surface area (Å²) in [7, 11) is -3.93. The van der Waals surface area contributed by atoms with Gasteiger partial charge in [0.1, 0.15) is 5.75 Å². The maximum Gasteiger partial charge on any atom is 0.297 e.